The molecule has 5 heteroatoms. The van der Waals surface area contributed by atoms with Crippen LogP contribution in [0, 0.1) is 11.3 Å². The van der Waals surface area contributed by atoms with Crippen molar-refractivity contribution in [1.82, 2.24) is 4.98 Å². The van der Waals surface area contributed by atoms with Gasteiger partial charge in [0.1, 0.15) is 6.07 Å². The molecule has 0 fully saturated rings. The predicted molar refractivity (Wildman–Crippen MR) is 68.7 cm³/mol. The summed E-state index contributed by atoms with van der Waals surface area (Å²) in [5, 5.41) is 9.00. The maximum absolute atomic E-state index is 12.0. The van der Waals surface area contributed by atoms with Crippen LogP contribution in [0.2, 0.25) is 0 Å². The highest BCUT2D eigenvalue weighted by molar-refractivity contribution is 7.91. The molecule has 18 heavy (non-hydrogen) atoms. The monoisotopic (exact) mass is 260 g/mol. The average molecular weight is 260 g/mol. The molecule has 0 saturated heterocycles. The van der Waals surface area contributed by atoms with Gasteiger partial charge in [0, 0.05) is 23.5 Å². The summed E-state index contributed by atoms with van der Waals surface area (Å²) in [5.41, 5.74) is 1.62. The van der Waals surface area contributed by atoms with E-state index in [1.807, 2.05) is 6.07 Å². The summed E-state index contributed by atoms with van der Waals surface area (Å²) < 4.78 is 24.0. The molecule has 2 rings (SSSR count). The lowest BCUT2D eigenvalue weighted by molar-refractivity contribution is 0.597. The Morgan fingerprint density at radius 1 is 1.22 bits per heavy atom. The van der Waals surface area contributed by atoms with Gasteiger partial charge in [-0.05, 0) is 6.07 Å². The molecule has 0 aliphatic rings. The van der Waals surface area contributed by atoms with Crippen LogP contribution < -0.4 is 0 Å². The first kappa shape index (κ1) is 12.4. The number of hydrogen-bond acceptors (Lipinski definition) is 3. The first-order valence-corrected chi connectivity index (χ1v) is 7.14. The summed E-state index contributed by atoms with van der Waals surface area (Å²) in [4.78, 5) is 3.09. The van der Waals surface area contributed by atoms with Crippen LogP contribution >= 0.6 is 0 Å². The summed E-state index contributed by atoms with van der Waals surface area (Å²) in [6.45, 7) is 1.61. The van der Waals surface area contributed by atoms with Crippen molar-refractivity contribution in [3.63, 3.8) is 0 Å². The Morgan fingerprint density at radius 2 is 1.94 bits per heavy atom. The van der Waals surface area contributed by atoms with Crippen molar-refractivity contribution in [2.45, 2.75) is 11.8 Å². The Bertz CT molecular complexity index is 709. The van der Waals surface area contributed by atoms with Crippen molar-refractivity contribution < 1.29 is 8.42 Å². The summed E-state index contributed by atoms with van der Waals surface area (Å²) in [5.74, 6) is 0.0380. The Kier molecular flexibility index (Phi) is 3.21. The lowest BCUT2D eigenvalue weighted by Crippen LogP contribution is -2.05. The van der Waals surface area contributed by atoms with Gasteiger partial charge in [-0.3, -0.25) is 0 Å². The van der Waals surface area contributed by atoms with Gasteiger partial charge in [-0.2, -0.15) is 5.26 Å². The number of hydrogen-bond donors (Lipinski definition) is 1. The van der Waals surface area contributed by atoms with Crippen LogP contribution in [-0.2, 0) is 9.84 Å². The molecule has 1 N–H and O–H groups in total. The summed E-state index contributed by atoms with van der Waals surface area (Å²) in [7, 11) is -3.30. The van der Waals surface area contributed by atoms with Gasteiger partial charge in [0.15, 0.2) is 9.84 Å². The third kappa shape index (κ3) is 2.03. The van der Waals surface area contributed by atoms with Crippen LogP contribution in [0.3, 0.4) is 0 Å². The highest BCUT2D eigenvalue weighted by atomic mass is 32.2. The number of H-pyrrole nitrogens is 1. The second kappa shape index (κ2) is 4.67. The van der Waals surface area contributed by atoms with Gasteiger partial charge in [0.25, 0.3) is 0 Å². The van der Waals surface area contributed by atoms with Crippen LogP contribution in [0.1, 0.15) is 12.5 Å². The van der Waals surface area contributed by atoms with E-state index in [9.17, 15) is 8.42 Å². The quantitative estimate of drug-likeness (QED) is 0.920. The van der Waals surface area contributed by atoms with Gasteiger partial charge >= 0.3 is 0 Å². The fourth-order valence-corrected chi connectivity index (χ4v) is 2.90. The van der Waals surface area contributed by atoms with Crippen LogP contribution in [0.25, 0.3) is 11.1 Å². The summed E-state index contributed by atoms with van der Waals surface area (Å²) >= 11 is 0. The minimum absolute atomic E-state index is 0.0380. The number of rotatable bonds is 3. The molecule has 1 heterocycles. The first-order valence-electron chi connectivity index (χ1n) is 5.49. The molecular formula is C13H12N2O2S. The fourth-order valence-electron chi connectivity index (χ4n) is 1.80. The van der Waals surface area contributed by atoms with Crippen molar-refractivity contribution in [3.8, 4) is 17.2 Å². The summed E-state index contributed by atoms with van der Waals surface area (Å²) in [6, 6.07) is 8.78. The maximum Gasteiger partial charge on any atom is 0.178 e. The Morgan fingerprint density at radius 3 is 2.61 bits per heavy atom. The van der Waals surface area contributed by atoms with Gasteiger partial charge in [-0.25, -0.2) is 8.42 Å². The highest BCUT2D eigenvalue weighted by Crippen LogP contribution is 2.30. The largest absolute Gasteiger partial charge is 0.366 e. The molecule has 0 aliphatic carbocycles. The summed E-state index contributed by atoms with van der Waals surface area (Å²) in [6.07, 6.45) is 3.20. The molecule has 0 radical (unpaired) electrons. The van der Waals surface area contributed by atoms with Crippen LogP contribution in [0.15, 0.2) is 41.6 Å². The number of benzene rings is 1. The van der Waals surface area contributed by atoms with Crippen molar-refractivity contribution in [1.29, 1.82) is 5.26 Å². The minimum Gasteiger partial charge on any atom is -0.366 e. The molecule has 0 spiro atoms. The predicted octanol–water partition coefficient (Wildman–Crippen LogP) is 2.35. The van der Waals surface area contributed by atoms with E-state index >= 15 is 0 Å². The Labute approximate surface area is 106 Å². The zero-order valence-electron chi connectivity index (χ0n) is 9.84. The second-order valence-corrected chi connectivity index (χ2v) is 6.04. The van der Waals surface area contributed by atoms with Crippen LogP contribution in [0.4, 0.5) is 0 Å². The number of sulfone groups is 1. The zero-order chi connectivity index (χ0) is 13.2. The smallest absolute Gasteiger partial charge is 0.178 e. The molecule has 1 aromatic heterocycles. The molecular weight excluding hydrogens is 248 g/mol. The fraction of sp³-hybridized carbons (Fsp3) is 0.154. The van der Waals surface area contributed by atoms with Crippen molar-refractivity contribution in [2.24, 2.45) is 0 Å². The first-order chi connectivity index (χ1) is 8.60. The van der Waals surface area contributed by atoms with Gasteiger partial charge < -0.3 is 4.98 Å². The van der Waals surface area contributed by atoms with E-state index in [1.165, 1.54) is 0 Å². The third-order valence-electron chi connectivity index (χ3n) is 2.76. The van der Waals surface area contributed by atoms with Crippen molar-refractivity contribution >= 4 is 9.84 Å². The molecule has 92 valence electrons. The molecule has 0 amide bonds. The normalized spacial score (nSPS) is 11.1. The van der Waals surface area contributed by atoms with E-state index in [-0.39, 0.29) is 10.6 Å². The van der Waals surface area contributed by atoms with E-state index in [4.69, 9.17) is 5.26 Å². The van der Waals surface area contributed by atoms with Crippen LogP contribution in [-0.4, -0.2) is 19.2 Å². The number of nitrogens with one attached hydrogen (secondary N) is 1. The number of nitrogens with zero attached hydrogens (tertiary/aromatic N) is 1. The number of aromatic amines is 1. The average Bonchev–Trinajstić information content (AvgIpc) is 2.87. The van der Waals surface area contributed by atoms with Gasteiger partial charge in [-0.15, -0.1) is 0 Å². The van der Waals surface area contributed by atoms with E-state index in [0.717, 1.165) is 0 Å². The molecule has 0 saturated carbocycles. The van der Waals surface area contributed by atoms with E-state index in [2.05, 4.69) is 4.98 Å². The van der Waals surface area contributed by atoms with Gasteiger partial charge in [-0.1, -0.05) is 25.1 Å². The SMILES string of the molecule is CCS(=O)(=O)c1ccccc1-c1c[nH]cc1C#N. The van der Waals surface area contributed by atoms with Gasteiger partial charge in [0.2, 0.25) is 0 Å². The lowest BCUT2D eigenvalue weighted by atomic mass is 10.1. The molecule has 0 unspecified atom stereocenters. The standard InChI is InChI=1S/C13H12N2O2S/c1-2-18(16,17)13-6-4-3-5-11(13)12-9-15-8-10(12)7-14/h3-6,8-9,15H,2H2,1H3. The van der Waals surface area contributed by atoms with E-state index in [1.54, 1.807) is 43.6 Å². The maximum atomic E-state index is 12.0. The molecule has 0 aliphatic heterocycles. The topological polar surface area (TPSA) is 73.7 Å². The van der Waals surface area contributed by atoms with E-state index < -0.39 is 9.84 Å². The zero-order valence-corrected chi connectivity index (χ0v) is 10.7. The third-order valence-corrected chi connectivity index (χ3v) is 4.54. The van der Waals surface area contributed by atoms with E-state index in [0.29, 0.717) is 16.7 Å². The van der Waals surface area contributed by atoms with Crippen molar-refractivity contribution in [2.75, 3.05) is 5.75 Å². The molecule has 0 atom stereocenters. The molecule has 2 aromatic rings. The number of nitriles is 1. The van der Waals surface area contributed by atoms with Gasteiger partial charge in [0.05, 0.1) is 16.2 Å². The van der Waals surface area contributed by atoms with Crippen LogP contribution in [0.5, 0.6) is 0 Å². The minimum atomic E-state index is -3.30. The second-order valence-electron chi connectivity index (χ2n) is 3.79. The molecule has 0 bridgehead atoms. The molecule has 1 aromatic carbocycles. The molecule has 4 nitrogen and oxygen atoms in total. The highest BCUT2D eigenvalue weighted by Gasteiger charge is 2.18. The number of aromatic nitrogens is 1. The lowest BCUT2D eigenvalue weighted by Gasteiger charge is -2.08. The Hall–Kier alpha value is -2.06. The Balaban J connectivity index is 2.71. The van der Waals surface area contributed by atoms with Crippen molar-refractivity contribution in [3.05, 3.63) is 42.2 Å².